The van der Waals surface area contributed by atoms with E-state index in [1.54, 1.807) is 13.0 Å². The van der Waals surface area contributed by atoms with Gasteiger partial charge in [-0.15, -0.1) is 11.3 Å². The van der Waals surface area contributed by atoms with Crippen molar-refractivity contribution in [1.82, 2.24) is 0 Å². The first-order valence-electron chi connectivity index (χ1n) is 5.71. The first-order chi connectivity index (χ1) is 9.74. The van der Waals surface area contributed by atoms with Crippen LogP contribution in [0.4, 0.5) is 5.69 Å². The zero-order valence-corrected chi connectivity index (χ0v) is 15.5. The van der Waals surface area contributed by atoms with E-state index in [1.807, 2.05) is 0 Å². The number of nitrogens with one attached hydrogen (secondary N) is 1. The minimum absolute atomic E-state index is 0.126. The molecule has 0 bridgehead atoms. The highest BCUT2D eigenvalue weighted by molar-refractivity contribution is 9.11. The molecule has 0 saturated carbocycles. The van der Waals surface area contributed by atoms with Crippen LogP contribution in [0.25, 0.3) is 0 Å². The van der Waals surface area contributed by atoms with Crippen LogP contribution in [0.15, 0.2) is 26.9 Å². The van der Waals surface area contributed by atoms with E-state index in [1.165, 1.54) is 23.5 Å². The summed E-state index contributed by atoms with van der Waals surface area (Å²) >= 11 is 16.6. The second-order valence-electron chi connectivity index (χ2n) is 4.24. The molecule has 0 radical (unpaired) electrons. The topological polar surface area (TPSA) is 72.2 Å². The minimum Gasteiger partial charge on any atom is -0.326 e. The molecule has 21 heavy (non-hydrogen) atoms. The molecule has 1 heterocycles. The summed E-state index contributed by atoms with van der Waals surface area (Å²) < 4.78 is 27.8. The molecule has 0 unspecified atom stereocenters. The molecule has 0 saturated heterocycles. The third kappa shape index (κ3) is 3.72. The number of thiophene rings is 1. The van der Waals surface area contributed by atoms with Crippen molar-refractivity contribution in [3.8, 4) is 0 Å². The Bertz CT molecular complexity index is 791. The number of benzene rings is 1. The maximum Gasteiger partial charge on any atom is 0.263 e. The molecule has 0 aliphatic heterocycles. The van der Waals surface area contributed by atoms with Gasteiger partial charge >= 0.3 is 0 Å². The molecule has 1 aromatic heterocycles. The fourth-order valence-electron chi connectivity index (χ4n) is 1.61. The Balaban J connectivity index is 2.42. The van der Waals surface area contributed by atoms with Crippen molar-refractivity contribution in [2.24, 2.45) is 5.73 Å². The lowest BCUT2D eigenvalue weighted by molar-refractivity contribution is 0.601. The highest BCUT2D eigenvalue weighted by Crippen LogP contribution is 2.35. The van der Waals surface area contributed by atoms with Gasteiger partial charge in [-0.2, -0.15) is 0 Å². The Hall–Kier alpha value is -0.310. The second kappa shape index (κ2) is 6.44. The van der Waals surface area contributed by atoms with E-state index in [4.69, 9.17) is 28.9 Å². The molecule has 0 atom stereocenters. The number of halogens is 3. The van der Waals surface area contributed by atoms with Crippen molar-refractivity contribution >= 4 is 66.2 Å². The van der Waals surface area contributed by atoms with Gasteiger partial charge in [-0.1, -0.05) is 23.2 Å². The van der Waals surface area contributed by atoms with E-state index in [-0.39, 0.29) is 22.2 Å². The normalized spacial score (nSPS) is 11.7. The summed E-state index contributed by atoms with van der Waals surface area (Å²) in [5.41, 5.74) is 6.53. The van der Waals surface area contributed by atoms with Crippen molar-refractivity contribution in [2.45, 2.75) is 18.4 Å². The average molecular weight is 430 g/mol. The highest BCUT2D eigenvalue weighted by atomic mass is 79.9. The summed E-state index contributed by atoms with van der Waals surface area (Å²) in [6.07, 6.45) is 0. The van der Waals surface area contributed by atoms with Crippen molar-refractivity contribution in [3.05, 3.63) is 42.5 Å². The zero-order chi connectivity index (χ0) is 15.8. The van der Waals surface area contributed by atoms with Crippen molar-refractivity contribution in [2.75, 3.05) is 4.72 Å². The number of anilines is 1. The van der Waals surface area contributed by atoms with E-state index in [9.17, 15) is 8.42 Å². The number of nitrogens with two attached hydrogens (primary N) is 1. The maximum absolute atomic E-state index is 12.4. The standard InChI is InChI=1S/C12H11BrCl2N2O2S2/c1-6-2-9(15)10(4-8(6)14)17-21(18,19)11-3-7(5-16)20-12(11)13/h2-4,17H,5,16H2,1H3. The summed E-state index contributed by atoms with van der Waals surface area (Å²) in [5, 5.41) is 0.718. The number of hydrogen-bond donors (Lipinski definition) is 2. The first kappa shape index (κ1) is 17.1. The third-order valence-corrected chi connectivity index (χ3v) is 7.05. The van der Waals surface area contributed by atoms with Crippen LogP contribution in [-0.4, -0.2) is 8.42 Å². The molecule has 0 amide bonds. The smallest absolute Gasteiger partial charge is 0.263 e. The van der Waals surface area contributed by atoms with Crippen molar-refractivity contribution in [1.29, 1.82) is 0 Å². The quantitative estimate of drug-likeness (QED) is 0.756. The summed E-state index contributed by atoms with van der Waals surface area (Å²) in [4.78, 5) is 0.885. The Morgan fingerprint density at radius 1 is 1.29 bits per heavy atom. The molecular formula is C12H11BrCl2N2O2S2. The summed E-state index contributed by atoms with van der Waals surface area (Å²) in [6.45, 7) is 2.06. The van der Waals surface area contributed by atoms with Crippen LogP contribution in [0.5, 0.6) is 0 Å². The molecule has 1 aromatic carbocycles. The van der Waals surface area contributed by atoms with E-state index in [2.05, 4.69) is 20.7 Å². The molecule has 9 heteroatoms. The lowest BCUT2D eigenvalue weighted by Gasteiger charge is -2.10. The van der Waals surface area contributed by atoms with E-state index >= 15 is 0 Å². The Kier molecular flexibility index (Phi) is 5.23. The number of hydrogen-bond acceptors (Lipinski definition) is 4. The van der Waals surface area contributed by atoms with E-state index in [0.717, 1.165) is 10.4 Å². The van der Waals surface area contributed by atoms with Crippen LogP contribution in [0.2, 0.25) is 10.0 Å². The zero-order valence-electron chi connectivity index (χ0n) is 10.8. The fraction of sp³-hybridized carbons (Fsp3) is 0.167. The predicted octanol–water partition coefficient (Wildman–Crippen LogP) is 4.39. The van der Waals surface area contributed by atoms with Gasteiger partial charge in [0.05, 0.1) is 14.5 Å². The fourth-order valence-corrected chi connectivity index (χ4v) is 5.72. The molecular weight excluding hydrogens is 419 g/mol. The molecule has 3 N–H and O–H groups in total. The number of aryl methyl sites for hydroxylation is 1. The Labute approximate surface area is 145 Å². The lowest BCUT2D eigenvalue weighted by Crippen LogP contribution is -2.13. The number of sulfonamides is 1. The summed E-state index contributed by atoms with van der Waals surface area (Å²) in [5.74, 6) is 0. The summed E-state index contributed by atoms with van der Waals surface area (Å²) in [7, 11) is -3.77. The summed E-state index contributed by atoms with van der Waals surface area (Å²) in [6, 6.07) is 4.62. The monoisotopic (exact) mass is 428 g/mol. The lowest BCUT2D eigenvalue weighted by atomic mass is 10.2. The molecule has 2 rings (SSSR count). The van der Waals surface area contributed by atoms with Gasteiger partial charge in [0.25, 0.3) is 10.0 Å². The van der Waals surface area contributed by atoms with Crippen LogP contribution < -0.4 is 10.5 Å². The van der Waals surface area contributed by atoms with Gasteiger partial charge in [0, 0.05) is 16.4 Å². The molecule has 0 aliphatic carbocycles. The highest BCUT2D eigenvalue weighted by Gasteiger charge is 2.22. The van der Waals surface area contributed by atoms with Crippen molar-refractivity contribution < 1.29 is 8.42 Å². The van der Waals surface area contributed by atoms with Crippen LogP contribution in [0.1, 0.15) is 10.4 Å². The van der Waals surface area contributed by atoms with Gasteiger partial charge in [-0.05, 0) is 46.6 Å². The van der Waals surface area contributed by atoms with Gasteiger partial charge in [0.15, 0.2) is 0 Å². The van der Waals surface area contributed by atoms with Crippen molar-refractivity contribution in [3.63, 3.8) is 0 Å². The van der Waals surface area contributed by atoms with Gasteiger partial charge in [-0.3, -0.25) is 4.72 Å². The number of rotatable bonds is 4. The van der Waals surface area contributed by atoms with Gasteiger partial charge in [0.2, 0.25) is 0 Å². The van der Waals surface area contributed by atoms with Crippen LogP contribution in [-0.2, 0) is 16.6 Å². The molecule has 4 nitrogen and oxygen atoms in total. The van der Waals surface area contributed by atoms with Crippen LogP contribution in [0, 0.1) is 6.92 Å². The molecule has 0 fully saturated rings. The van der Waals surface area contributed by atoms with Gasteiger partial charge in [0.1, 0.15) is 4.90 Å². The molecule has 2 aromatic rings. The molecule has 0 spiro atoms. The van der Waals surface area contributed by atoms with Gasteiger partial charge < -0.3 is 5.73 Å². The molecule has 0 aliphatic rings. The largest absolute Gasteiger partial charge is 0.326 e. The second-order valence-corrected chi connectivity index (χ2v) is 9.16. The van der Waals surface area contributed by atoms with Crippen LogP contribution >= 0.6 is 50.5 Å². The molecule has 114 valence electrons. The first-order valence-corrected chi connectivity index (χ1v) is 9.56. The van der Waals surface area contributed by atoms with Crippen LogP contribution in [0.3, 0.4) is 0 Å². The Morgan fingerprint density at radius 3 is 2.52 bits per heavy atom. The van der Waals surface area contributed by atoms with Gasteiger partial charge in [-0.25, -0.2) is 8.42 Å². The maximum atomic E-state index is 12.4. The Morgan fingerprint density at radius 2 is 1.95 bits per heavy atom. The van der Waals surface area contributed by atoms with E-state index in [0.29, 0.717) is 8.81 Å². The predicted molar refractivity (Wildman–Crippen MR) is 91.9 cm³/mol. The minimum atomic E-state index is -3.77. The SMILES string of the molecule is Cc1cc(Cl)c(NS(=O)(=O)c2cc(CN)sc2Br)cc1Cl. The third-order valence-electron chi connectivity index (χ3n) is 2.69. The van der Waals surface area contributed by atoms with E-state index < -0.39 is 10.0 Å². The average Bonchev–Trinajstić information content (AvgIpc) is 2.78.